The Morgan fingerprint density at radius 2 is 1.81 bits per heavy atom. The molecule has 0 aliphatic rings. The first kappa shape index (κ1) is 17.4. The molecule has 0 aliphatic carbocycles. The summed E-state index contributed by atoms with van der Waals surface area (Å²) in [6.45, 7) is 0. The Kier molecular flexibility index (Phi) is 5.09. The zero-order valence-corrected chi connectivity index (χ0v) is 14.1. The number of benzene rings is 2. The van der Waals surface area contributed by atoms with E-state index in [0.717, 1.165) is 11.4 Å². The van der Waals surface area contributed by atoms with E-state index in [2.05, 4.69) is 10.5 Å². The van der Waals surface area contributed by atoms with Gasteiger partial charge in [-0.2, -0.15) is 5.10 Å². The summed E-state index contributed by atoms with van der Waals surface area (Å²) in [4.78, 5) is 22.1. The van der Waals surface area contributed by atoms with E-state index in [1.54, 1.807) is 12.1 Å². The van der Waals surface area contributed by atoms with Crippen molar-refractivity contribution in [2.75, 3.05) is 0 Å². The van der Waals surface area contributed by atoms with Crippen LogP contribution in [0.25, 0.3) is 5.69 Å². The molecule has 0 spiro atoms. The van der Waals surface area contributed by atoms with Crippen molar-refractivity contribution in [2.45, 2.75) is 0 Å². The molecular weight excluding hydrogens is 356 g/mol. The van der Waals surface area contributed by atoms with E-state index in [4.69, 9.17) is 11.6 Å². The number of carbonyl (C=O) groups is 1. The van der Waals surface area contributed by atoms with Crippen molar-refractivity contribution in [2.24, 2.45) is 5.10 Å². The highest BCUT2D eigenvalue weighted by molar-refractivity contribution is 6.30. The summed E-state index contributed by atoms with van der Waals surface area (Å²) < 4.78 is 1.89. The van der Waals surface area contributed by atoms with Crippen molar-refractivity contribution in [1.29, 1.82) is 0 Å². The molecule has 2 aromatic carbocycles. The third-order valence-electron chi connectivity index (χ3n) is 3.59. The molecule has 1 N–H and O–H groups in total. The van der Waals surface area contributed by atoms with Gasteiger partial charge in [-0.15, -0.1) is 0 Å². The second-order valence-corrected chi connectivity index (χ2v) is 5.72. The molecule has 0 radical (unpaired) electrons. The van der Waals surface area contributed by atoms with Gasteiger partial charge >= 0.3 is 0 Å². The predicted molar refractivity (Wildman–Crippen MR) is 98.9 cm³/mol. The monoisotopic (exact) mass is 368 g/mol. The van der Waals surface area contributed by atoms with Crippen molar-refractivity contribution < 1.29 is 9.72 Å². The smallest absolute Gasteiger partial charge is 0.271 e. The standard InChI is InChI=1S/C18H13ClN4O3/c19-14-5-9-15(10-6-14)22-11-1-2-17(22)12-20-21-18(24)13-3-7-16(8-4-13)23(25)26/h1-12H,(H,21,24)/b20-12-. The van der Waals surface area contributed by atoms with Gasteiger partial charge in [-0.25, -0.2) is 5.43 Å². The summed E-state index contributed by atoms with van der Waals surface area (Å²) in [6.07, 6.45) is 3.38. The number of aromatic nitrogens is 1. The van der Waals surface area contributed by atoms with Gasteiger partial charge in [0.05, 0.1) is 16.8 Å². The Bertz CT molecular complexity index is 963. The van der Waals surface area contributed by atoms with Crippen molar-refractivity contribution in [3.63, 3.8) is 0 Å². The number of halogens is 1. The second kappa shape index (κ2) is 7.62. The van der Waals surface area contributed by atoms with Crippen molar-refractivity contribution >= 4 is 29.4 Å². The van der Waals surface area contributed by atoms with Gasteiger partial charge in [0.2, 0.25) is 0 Å². The van der Waals surface area contributed by atoms with Gasteiger partial charge in [-0.05, 0) is 48.5 Å². The molecule has 0 atom stereocenters. The third-order valence-corrected chi connectivity index (χ3v) is 3.84. The summed E-state index contributed by atoms with van der Waals surface area (Å²) in [6, 6.07) is 16.3. The topological polar surface area (TPSA) is 89.5 Å². The second-order valence-electron chi connectivity index (χ2n) is 5.28. The summed E-state index contributed by atoms with van der Waals surface area (Å²) >= 11 is 5.90. The van der Waals surface area contributed by atoms with Crippen molar-refractivity contribution in [1.82, 2.24) is 9.99 Å². The average Bonchev–Trinajstić information content (AvgIpc) is 3.11. The van der Waals surface area contributed by atoms with E-state index >= 15 is 0 Å². The van der Waals surface area contributed by atoms with Crippen LogP contribution in [0.2, 0.25) is 5.02 Å². The van der Waals surface area contributed by atoms with E-state index in [1.165, 1.54) is 30.5 Å². The first-order chi connectivity index (χ1) is 12.5. The lowest BCUT2D eigenvalue weighted by Gasteiger charge is -2.06. The quantitative estimate of drug-likeness (QED) is 0.422. The third kappa shape index (κ3) is 3.96. The van der Waals surface area contributed by atoms with Crippen LogP contribution in [0.3, 0.4) is 0 Å². The number of carbonyl (C=O) groups excluding carboxylic acids is 1. The highest BCUT2D eigenvalue weighted by Gasteiger charge is 2.08. The fraction of sp³-hybridized carbons (Fsp3) is 0. The molecule has 0 unspecified atom stereocenters. The van der Waals surface area contributed by atoms with Gasteiger partial charge in [-0.1, -0.05) is 11.6 Å². The number of hydrogen-bond acceptors (Lipinski definition) is 4. The summed E-state index contributed by atoms with van der Waals surface area (Å²) in [7, 11) is 0. The van der Waals surface area contributed by atoms with Gasteiger partial charge in [-0.3, -0.25) is 14.9 Å². The first-order valence-electron chi connectivity index (χ1n) is 7.56. The lowest BCUT2D eigenvalue weighted by Crippen LogP contribution is -2.17. The number of nitro benzene ring substituents is 1. The maximum absolute atomic E-state index is 12.0. The van der Waals surface area contributed by atoms with Crippen LogP contribution in [-0.4, -0.2) is 21.6 Å². The molecule has 3 aromatic rings. The van der Waals surface area contributed by atoms with E-state index in [0.29, 0.717) is 5.02 Å². The largest absolute Gasteiger partial charge is 0.316 e. The highest BCUT2D eigenvalue weighted by atomic mass is 35.5. The molecule has 1 amide bonds. The first-order valence-corrected chi connectivity index (χ1v) is 7.93. The SMILES string of the molecule is O=C(N/N=C\c1cccn1-c1ccc(Cl)cc1)c1ccc([N+](=O)[O-])cc1. The minimum absolute atomic E-state index is 0.0779. The molecule has 1 heterocycles. The van der Waals surface area contributed by atoms with Gasteiger partial charge in [0.15, 0.2) is 0 Å². The van der Waals surface area contributed by atoms with Crippen LogP contribution >= 0.6 is 11.6 Å². The van der Waals surface area contributed by atoms with Crippen molar-refractivity contribution in [3.05, 3.63) is 93.3 Å². The molecule has 0 saturated heterocycles. The van der Waals surface area contributed by atoms with Crippen LogP contribution in [0.1, 0.15) is 16.1 Å². The van der Waals surface area contributed by atoms with Crippen LogP contribution in [0.15, 0.2) is 72.0 Å². The van der Waals surface area contributed by atoms with Gasteiger partial charge in [0.25, 0.3) is 11.6 Å². The maximum Gasteiger partial charge on any atom is 0.271 e. The van der Waals surface area contributed by atoms with Crippen LogP contribution in [0, 0.1) is 10.1 Å². The average molecular weight is 369 g/mol. The zero-order valence-electron chi connectivity index (χ0n) is 13.4. The van der Waals surface area contributed by atoms with Crippen LogP contribution in [0.5, 0.6) is 0 Å². The Hall–Kier alpha value is -3.45. The number of nitrogens with zero attached hydrogens (tertiary/aromatic N) is 3. The van der Waals surface area contributed by atoms with E-state index in [1.807, 2.05) is 35.0 Å². The molecule has 7 nitrogen and oxygen atoms in total. The number of amides is 1. The molecule has 0 aliphatic heterocycles. The zero-order chi connectivity index (χ0) is 18.5. The minimum Gasteiger partial charge on any atom is -0.316 e. The predicted octanol–water partition coefficient (Wildman–Crippen LogP) is 3.80. The Labute approximate surface area is 153 Å². The number of hydrazone groups is 1. The highest BCUT2D eigenvalue weighted by Crippen LogP contribution is 2.15. The van der Waals surface area contributed by atoms with Gasteiger partial charge in [0, 0.05) is 34.6 Å². The molecule has 0 saturated carbocycles. The van der Waals surface area contributed by atoms with E-state index < -0.39 is 10.8 Å². The lowest BCUT2D eigenvalue weighted by molar-refractivity contribution is -0.384. The summed E-state index contributed by atoms with van der Waals surface area (Å²) in [5.41, 5.74) is 4.27. The molecular formula is C18H13ClN4O3. The minimum atomic E-state index is -0.523. The van der Waals surface area contributed by atoms with Gasteiger partial charge < -0.3 is 4.57 Å². The van der Waals surface area contributed by atoms with E-state index in [-0.39, 0.29) is 11.3 Å². The molecule has 0 fully saturated rings. The number of nitrogens with one attached hydrogen (secondary N) is 1. The fourth-order valence-electron chi connectivity index (χ4n) is 2.29. The van der Waals surface area contributed by atoms with Crippen LogP contribution in [-0.2, 0) is 0 Å². The molecule has 0 bridgehead atoms. The molecule has 8 heteroatoms. The summed E-state index contributed by atoms with van der Waals surface area (Å²) in [5.74, 6) is -0.458. The lowest BCUT2D eigenvalue weighted by atomic mass is 10.2. The van der Waals surface area contributed by atoms with E-state index in [9.17, 15) is 14.9 Å². The number of rotatable bonds is 5. The normalized spacial score (nSPS) is 10.8. The Morgan fingerprint density at radius 1 is 1.12 bits per heavy atom. The number of hydrogen-bond donors (Lipinski definition) is 1. The van der Waals surface area contributed by atoms with Gasteiger partial charge in [0.1, 0.15) is 0 Å². The Balaban J connectivity index is 1.69. The molecule has 130 valence electrons. The summed E-state index contributed by atoms with van der Waals surface area (Å²) in [5, 5.41) is 15.2. The van der Waals surface area contributed by atoms with Crippen LogP contribution < -0.4 is 5.43 Å². The molecule has 3 rings (SSSR count). The fourth-order valence-corrected chi connectivity index (χ4v) is 2.42. The molecule has 1 aromatic heterocycles. The Morgan fingerprint density at radius 3 is 2.46 bits per heavy atom. The maximum atomic E-state index is 12.0. The number of nitro groups is 1. The van der Waals surface area contributed by atoms with Crippen molar-refractivity contribution in [3.8, 4) is 5.69 Å². The number of non-ortho nitro benzene ring substituents is 1. The molecule has 26 heavy (non-hydrogen) atoms. The van der Waals surface area contributed by atoms with Crippen LogP contribution in [0.4, 0.5) is 5.69 Å².